The first-order valence-electron chi connectivity index (χ1n) is 6.41. The number of hydrogen-bond acceptors (Lipinski definition) is 4. The number of amides is 1. The third kappa shape index (κ3) is 2.67. The molecule has 1 heterocycles. The number of aryl methyl sites for hydroxylation is 2. The maximum Gasteiger partial charge on any atom is 0.266 e. The van der Waals surface area contributed by atoms with Crippen molar-refractivity contribution in [3.05, 3.63) is 45.4 Å². The standard InChI is InChI=1S/C15H18N2O2S/c1-9-14(20-11(3)16-9)15(19)17(4)10(2)12-7-5-6-8-13(12)18/h5-8,10,18H,1-4H3. The number of aromatic nitrogens is 1. The molecular weight excluding hydrogens is 272 g/mol. The highest BCUT2D eigenvalue weighted by atomic mass is 32.1. The summed E-state index contributed by atoms with van der Waals surface area (Å²) in [4.78, 5) is 19.1. The molecule has 1 amide bonds. The lowest BCUT2D eigenvalue weighted by molar-refractivity contribution is 0.0745. The summed E-state index contributed by atoms with van der Waals surface area (Å²) in [6.45, 7) is 5.63. The van der Waals surface area contributed by atoms with Crippen molar-refractivity contribution >= 4 is 17.2 Å². The van der Waals surface area contributed by atoms with E-state index in [9.17, 15) is 9.90 Å². The third-order valence-electron chi connectivity index (χ3n) is 3.39. The van der Waals surface area contributed by atoms with Crippen LogP contribution < -0.4 is 0 Å². The Morgan fingerprint density at radius 3 is 2.55 bits per heavy atom. The Hall–Kier alpha value is -1.88. The average molecular weight is 290 g/mol. The number of hydrogen-bond donors (Lipinski definition) is 1. The van der Waals surface area contributed by atoms with Gasteiger partial charge in [-0.1, -0.05) is 18.2 Å². The summed E-state index contributed by atoms with van der Waals surface area (Å²) in [5.41, 5.74) is 1.50. The Kier molecular flexibility index (Phi) is 4.09. The minimum atomic E-state index is -0.203. The molecule has 1 unspecified atom stereocenters. The second-order valence-corrected chi connectivity index (χ2v) is 6.00. The number of nitrogens with zero attached hydrogens (tertiary/aromatic N) is 2. The number of rotatable bonds is 3. The predicted molar refractivity (Wildman–Crippen MR) is 80.2 cm³/mol. The molecule has 1 N–H and O–H groups in total. The SMILES string of the molecule is Cc1nc(C)c(C(=O)N(C)C(C)c2ccccc2O)s1. The average Bonchev–Trinajstić information content (AvgIpc) is 2.76. The second-order valence-electron chi connectivity index (χ2n) is 4.80. The van der Waals surface area contributed by atoms with Gasteiger partial charge in [-0.25, -0.2) is 4.98 Å². The molecule has 0 radical (unpaired) electrons. The van der Waals surface area contributed by atoms with E-state index in [2.05, 4.69) is 4.98 Å². The largest absolute Gasteiger partial charge is 0.508 e. The number of aromatic hydroxyl groups is 1. The second kappa shape index (κ2) is 5.63. The van der Waals surface area contributed by atoms with Gasteiger partial charge >= 0.3 is 0 Å². The van der Waals surface area contributed by atoms with E-state index in [0.717, 1.165) is 16.3 Å². The fourth-order valence-electron chi connectivity index (χ4n) is 2.12. The number of benzene rings is 1. The molecule has 0 aliphatic rings. The van der Waals surface area contributed by atoms with Crippen molar-refractivity contribution in [1.29, 1.82) is 0 Å². The van der Waals surface area contributed by atoms with Crippen LogP contribution in [0.1, 0.15) is 38.9 Å². The fourth-order valence-corrected chi connectivity index (χ4v) is 3.02. The smallest absolute Gasteiger partial charge is 0.266 e. The van der Waals surface area contributed by atoms with Crippen molar-refractivity contribution in [2.24, 2.45) is 0 Å². The summed E-state index contributed by atoms with van der Waals surface area (Å²) in [6, 6.07) is 6.88. The van der Waals surface area contributed by atoms with Crippen LogP contribution in [-0.2, 0) is 0 Å². The molecular formula is C15H18N2O2S. The van der Waals surface area contributed by atoms with E-state index in [-0.39, 0.29) is 17.7 Å². The lowest BCUT2D eigenvalue weighted by atomic mass is 10.1. The van der Waals surface area contributed by atoms with Gasteiger partial charge in [-0.3, -0.25) is 4.79 Å². The summed E-state index contributed by atoms with van der Waals surface area (Å²) < 4.78 is 0. The van der Waals surface area contributed by atoms with Crippen molar-refractivity contribution in [3.8, 4) is 5.75 Å². The van der Waals surface area contributed by atoms with Crippen molar-refractivity contribution in [2.45, 2.75) is 26.8 Å². The van der Waals surface area contributed by atoms with Gasteiger partial charge in [0.05, 0.1) is 16.7 Å². The summed E-state index contributed by atoms with van der Waals surface area (Å²) in [7, 11) is 1.74. The Morgan fingerprint density at radius 2 is 2.00 bits per heavy atom. The number of phenols is 1. The van der Waals surface area contributed by atoms with E-state index < -0.39 is 0 Å². The summed E-state index contributed by atoms with van der Waals surface area (Å²) >= 11 is 1.40. The van der Waals surface area contributed by atoms with Crippen LogP contribution >= 0.6 is 11.3 Å². The molecule has 20 heavy (non-hydrogen) atoms. The number of para-hydroxylation sites is 1. The maximum atomic E-state index is 12.5. The first-order chi connectivity index (χ1) is 9.41. The highest BCUT2D eigenvalue weighted by molar-refractivity contribution is 7.13. The number of carbonyl (C=O) groups excluding carboxylic acids is 1. The van der Waals surface area contributed by atoms with Crippen molar-refractivity contribution in [2.75, 3.05) is 7.05 Å². The summed E-state index contributed by atoms with van der Waals surface area (Å²) in [6.07, 6.45) is 0. The van der Waals surface area contributed by atoms with E-state index in [4.69, 9.17) is 0 Å². The van der Waals surface area contributed by atoms with Gasteiger partial charge in [0.25, 0.3) is 5.91 Å². The molecule has 0 aliphatic heterocycles. The number of thiazole rings is 1. The minimum Gasteiger partial charge on any atom is -0.508 e. The van der Waals surface area contributed by atoms with Crippen LogP contribution in [0, 0.1) is 13.8 Å². The van der Waals surface area contributed by atoms with Crippen LogP contribution in [0.25, 0.3) is 0 Å². The fraction of sp³-hybridized carbons (Fsp3) is 0.333. The first kappa shape index (κ1) is 14.5. The highest BCUT2D eigenvalue weighted by Crippen LogP contribution is 2.29. The van der Waals surface area contributed by atoms with Gasteiger partial charge in [0, 0.05) is 12.6 Å². The van der Waals surface area contributed by atoms with Crippen LogP contribution in [0.15, 0.2) is 24.3 Å². The molecule has 0 fully saturated rings. The van der Waals surface area contributed by atoms with E-state index in [1.807, 2.05) is 32.9 Å². The monoisotopic (exact) mass is 290 g/mol. The van der Waals surface area contributed by atoms with Crippen LogP contribution in [0.4, 0.5) is 0 Å². The Bertz CT molecular complexity index is 637. The Labute approximate surface area is 122 Å². The number of carbonyl (C=O) groups is 1. The summed E-state index contributed by atoms with van der Waals surface area (Å²) in [5, 5.41) is 10.8. The molecule has 0 aliphatic carbocycles. The van der Waals surface area contributed by atoms with E-state index >= 15 is 0 Å². The first-order valence-corrected chi connectivity index (χ1v) is 7.22. The van der Waals surface area contributed by atoms with E-state index in [0.29, 0.717) is 4.88 Å². The molecule has 1 aromatic carbocycles. The van der Waals surface area contributed by atoms with E-state index in [1.54, 1.807) is 24.1 Å². The molecule has 106 valence electrons. The van der Waals surface area contributed by atoms with Crippen LogP contribution in [-0.4, -0.2) is 27.9 Å². The van der Waals surface area contributed by atoms with E-state index in [1.165, 1.54) is 11.3 Å². The molecule has 0 saturated carbocycles. The maximum absolute atomic E-state index is 12.5. The molecule has 1 atom stereocenters. The minimum absolute atomic E-state index is 0.0659. The molecule has 0 saturated heterocycles. The van der Waals surface area contributed by atoms with Gasteiger partial charge in [-0.2, -0.15) is 0 Å². The molecule has 4 nitrogen and oxygen atoms in total. The number of phenolic OH excluding ortho intramolecular Hbond substituents is 1. The predicted octanol–water partition coefficient (Wildman–Crippen LogP) is 3.30. The topological polar surface area (TPSA) is 53.4 Å². The van der Waals surface area contributed by atoms with Gasteiger partial charge in [0.15, 0.2) is 0 Å². The lowest BCUT2D eigenvalue weighted by Gasteiger charge is -2.25. The van der Waals surface area contributed by atoms with Gasteiger partial charge in [0.2, 0.25) is 0 Å². The third-order valence-corrected chi connectivity index (χ3v) is 4.45. The van der Waals surface area contributed by atoms with Crippen LogP contribution in [0.3, 0.4) is 0 Å². The van der Waals surface area contributed by atoms with Gasteiger partial charge in [-0.15, -0.1) is 11.3 Å². The van der Waals surface area contributed by atoms with Crippen LogP contribution in [0.2, 0.25) is 0 Å². The van der Waals surface area contributed by atoms with Gasteiger partial charge in [-0.05, 0) is 26.8 Å². The zero-order valence-corrected chi connectivity index (χ0v) is 12.9. The van der Waals surface area contributed by atoms with Crippen molar-refractivity contribution < 1.29 is 9.90 Å². The van der Waals surface area contributed by atoms with Crippen molar-refractivity contribution in [1.82, 2.24) is 9.88 Å². The molecule has 2 aromatic rings. The Morgan fingerprint density at radius 1 is 1.35 bits per heavy atom. The molecule has 5 heteroatoms. The van der Waals surface area contributed by atoms with Gasteiger partial charge in [0.1, 0.15) is 10.6 Å². The quantitative estimate of drug-likeness (QED) is 0.943. The Balaban J connectivity index is 2.27. The molecule has 2 rings (SSSR count). The zero-order valence-electron chi connectivity index (χ0n) is 12.0. The highest BCUT2D eigenvalue weighted by Gasteiger charge is 2.23. The van der Waals surface area contributed by atoms with Gasteiger partial charge < -0.3 is 10.0 Å². The van der Waals surface area contributed by atoms with Crippen molar-refractivity contribution in [3.63, 3.8) is 0 Å². The molecule has 0 bridgehead atoms. The van der Waals surface area contributed by atoms with Crippen LogP contribution in [0.5, 0.6) is 5.75 Å². The zero-order chi connectivity index (χ0) is 14.9. The lowest BCUT2D eigenvalue weighted by Crippen LogP contribution is -2.29. The molecule has 0 spiro atoms. The molecule has 1 aromatic heterocycles. The normalized spacial score (nSPS) is 12.2. The summed E-state index contributed by atoms with van der Waals surface area (Å²) in [5.74, 6) is 0.140.